The second kappa shape index (κ2) is 7.35. The Kier molecular flexibility index (Phi) is 6.60. The second-order valence-electron chi connectivity index (χ2n) is 2.21. The fourth-order valence-electron chi connectivity index (χ4n) is 0.951. The molecule has 1 rings (SSSR count). The van der Waals surface area contributed by atoms with Crippen molar-refractivity contribution < 1.29 is 0 Å². The van der Waals surface area contributed by atoms with Crippen molar-refractivity contribution in [3.8, 4) is 0 Å². The van der Waals surface area contributed by atoms with Crippen LogP contribution in [0.25, 0.3) is 0 Å². The average Bonchev–Trinajstić information content (AvgIpc) is 2.22. The molecular weight excluding hydrogens is 160 g/mol. The van der Waals surface area contributed by atoms with Crippen LogP contribution in [0.1, 0.15) is 20.8 Å². The first-order valence-corrected chi connectivity index (χ1v) is 4.68. The summed E-state index contributed by atoms with van der Waals surface area (Å²) < 4.78 is 0. The Hall–Kier alpha value is -1.31. The van der Waals surface area contributed by atoms with Gasteiger partial charge in [0.2, 0.25) is 0 Å². The molecule has 13 heavy (non-hydrogen) atoms. The van der Waals surface area contributed by atoms with Crippen LogP contribution in [-0.4, -0.2) is 13.3 Å². The average molecular weight is 178 g/mol. The fourth-order valence-corrected chi connectivity index (χ4v) is 0.951. The predicted molar refractivity (Wildman–Crippen MR) is 61.2 cm³/mol. The van der Waals surface area contributed by atoms with Gasteiger partial charge in [-0.3, -0.25) is 4.99 Å². The third-order valence-electron chi connectivity index (χ3n) is 1.44. The highest BCUT2D eigenvalue weighted by Gasteiger charge is 1.94. The molecule has 0 atom stereocenters. The summed E-state index contributed by atoms with van der Waals surface area (Å²) in [4.78, 5) is 3.88. The van der Waals surface area contributed by atoms with Gasteiger partial charge in [0.25, 0.3) is 0 Å². The Labute approximate surface area is 80.7 Å². The summed E-state index contributed by atoms with van der Waals surface area (Å²) in [7, 11) is 0. The quantitative estimate of drug-likeness (QED) is 0.704. The first-order chi connectivity index (χ1) is 6.38. The number of hydrogen-bond acceptors (Lipinski definition) is 2. The normalized spacial score (nSPS) is 8.23. The molecule has 2 heteroatoms. The molecule has 72 valence electrons. The van der Waals surface area contributed by atoms with Gasteiger partial charge in [-0.15, -0.1) is 0 Å². The lowest BCUT2D eigenvalue weighted by molar-refractivity contribution is 1.21. The van der Waals surface area contributed by atoms with Crippen LogP contribution in [0.3, 0.4) is 0 Å². The first kappa shape index (κ1) is 11.7. The first-order valence-electron chi connectivity index (χ1n) is 4.68. The largest absolute Gasteiger partial charge is 0.384 e. The van der Waals surface area contributed by atoms with Gasteiger partial charge in [-0.1, -0.05) is 26.0 Å². The van der Waals surface area contributed by atoms with Crippen molar-refractivity contribution in [2.45, 2.75) is 20.8 Å². The molecule has 0 amide bonds. The number of nitrogens with zero attached hydrogens (tertiary/aromatic N) is 1. The van der Waals surface area contributed by atoms with Crippen molar-refractivity contribution in [3.05, 3.63) is 24.3 Å². The predicted octanol–water partition coefficient (Wildman–Crippen LogP) is 3.48. The zero-order chi connectivity index (χ0) is 10.1. The van der Waals surface area contributed by atoms with E-state index in [1.54, 1.807) is 0 Å². The van der Waals surface area contributed by atoms with Crippen molar-refractivity contribution in [3.63, 3.8) is 0 Å². The number of benzene rings is 1. The standard InChI is InChI=1S/C9H12N2.C2H6/c1-3-11-9-7-5-4-6-8(9)10-2;1-2/h4-7,11H,2-3H2,1H3;1-2H3. The molecule has 1 N–H and O–H groups in total. The molecule has 0 bridgehead atoms. The summed E-state index contributed by atoms with van der Waals surface area (Å²) in [5.41, 5.74) is 1.96. The monoisotopic (exact) mass is 178 g/mol. The highest BCUT2D eigenvalue weighted by atomic mass is 14.9. The number of nitrogens with one attached hydrogen (secondary N) is 1. The van der Waals surface area contributed by atoms with Crippen molar-refractivity contribution in [1.29, 1.82) is 0 Å². The SMILES string of the molecule is C=Nc1ccccc1NCC.CC. The molecule has 2 nitrogen and oxygen atoms in total. The molecule has 0 aromatic heterocycles. The van der Waals surface area contributed by atoms with E-state index in [0.29, 0.717) is 0 Å². The van der Waals surface area contributed by atoms with E-state index in [-0.39, 0.29) is 0 Å². The molecule has 0 fully saturated rings. The number of rotatable bonds is 3. The third-order valence-corrected chi connectivity index (χ3v) is 1.44. The minimum Gasteiger partial charge on any atom is -0.384 e. The topological polar surface area (TPSA) is 24.4 Å². The Balaban J connectivity index is 0.000000671. The van der Waals surface area contributed by atoms with E-state index in [2.05, 4.69) is 24.0 Å². The van der Waals surface area contributed by atoms with Gasteiger partial charge in [-0.25, -0.2) is 0 Å². The summed E-state index contributed by atoms with van der Waals surface area (Å²) >= 11 is 0. The van der Waals surface area contributed by atoms with Gasteiger partial charge >= 0.3 is 0 Å². The van der Waals surface area contributed by atoms with Crippen molar-refractivity contribution in [2.75, 3.05) is 11.9 Å². The molecule has 0 spiro atoms. The van der Waals surface area contributed by atoms with Crippen molar-refractivity contribution in [2.24, 2.45) is 4.99 Å². The van der Waals surface area contributed by atoms with Gasteiger partial charge in [0.15, 0.2) is 0 Å². The van der Waals surface area contributed by atoms with E-state index in [9.17, 15) is 0 Å². The maximum atomic E-state index is 3.88. The summed E-state index contributed by atoms with van der Waals surface area (Å²) in [6.45, 7) is 10.4. The van der Waals surface area contributed by atoms with Crippen LogP contribution in [0, 0.1) is 0 Å². The molecule has 1 aromatic rings. The van der Waals surface area contributed by atoms with Crippen LogP contribution < -0.4 is 5.32 Å². The molecule has 0 unspecified atom stereocenters. The molecule has 0 aliphatic heterocycles. The number of para-hydroxylation sites is 2. The molecular formula is C11H18N2. The molecule has 0 aliphatic carbocycles. The molecule has 1 aromatic carbocycles. The van der Waals surface area contributed by atoms with Gasteiger partial charge in [0, 0.05) is 6.54 Å². The second-order valence-corrected chi connectivity index (χ2v) is 2.21. The maximum Gasteiger partial charge on any atom is 0.0853 e. The van der Waals surface area contributed by atoms with E-state index in [1.165, 1.54) is 0 Å². The lowest BCUT2D eigenvalue weighted by Crippen LogP contribution is -1.95. The number of anilines is 1. The van der Waals surface area contributed by atoms with Gasteiger partial charge in [-0.05, 0) is 25.8 Å². The summed E-state index contributed by atoms with van der Waals surface area (Å²) in [6, 6.07) is 7.86. The van der Waals surface area contributed by atoms with E-state index in [0.717, 1.165) is 17.9 Å². The summed E-state index contributed by atoms with van der Waals surface area (Å²) in [5, 5.41) is 3.19. The van der Waals surface area contributed by atoms with Crippen molar-refractivity contribution in [1.82, 2.24) is 0 Å². The van der Waals surface area contributed by atoms with E-state index < -0.39 is 0 Å². The fraction of sp³-hybridized carbons (Fsp3) is 0.364. The summed E-state index contributed by atoms with van der Waals surface area (Å²) in [5.74, 6) is 0. The van der Waals surface area contributed by atoms with E-state index in [1.807, 2.05) is 38.1 Å². The van der Waals surface area contributed by atoms with Crippen LogP contribution >= 0.6 is 0 Å². The molecule has 0 heterocycles. The smallest absolute Gasteiger partial charge is 0.0853 e. The van der Waals surface area contributed by atoms with Crippen LogP contribution in [0.15, 0.2) is 29.3 Å². The lowest BCUT2D eigenvalue weighted by Gasteiger charge is -2.04. The Bertz CT molecular complexity index is 244. The summed E-state index contributed by atoms with van der Waals surface area (Å²) in [6.07, 6.45) is 0. The molecule has 0 radical (unpaired) electrons. The van der Waals surface area contributed by atoms with Gasteiger partial charge < -0.3 is 5.32 Å². The Morgan fingerprint density at radius 2 is 1.92 bits per heavy atom. The number of hydrogen-bond donors (Lipinski definition) is 1. The maximum absolute atomic E-state index is 3.88. The lowest BCUT2D eigenvalue weighted by atomic mass is 10.2. The highest BCUT2D eigenvalue weighted by Crippen LogP contribution is 2.22. The minimum absolute atomic E-state index is 0.909. The highest BCUT2D eigenvalue weighted by molar-refractivity contribution is 5.67. The van der Waals surface area contributed by atoms with Crippen LogP contribution in [0.4, 0.5) is 11.4 Å². The molecule has 0 saturated carbocycles. The number of aliphatic imine (C=N–C) groups is 1. The van der Waals surface area contributed by atoms with Gasteiger partial charge in [0.1, 0.15) is 0 Å². The Morgan fingerprint density at radius 3 is 2.46 bits per heavy atom. The minimum atomic E-state index is 0.909. The van der Waals surface area contributed by atoms with E-state index >= 15 is 0 Å². The van der Waals surface area contributed by atoms with Crippen molar-refractivity contribution >= 4 is 18.1 Å². The Morgan fingerprint density at radius 1 is 1.31 bits per heavy atom. The molecule has 0 aliphatic rings. The molecule has 0 saturated heterocycles. The van der Waals surface area contributed by atoms with Gasteiger partial charge in [-0.2, -0.15) is 0 Å². The van der Waals surface area contributed by atoms with Crippen LogP contribution in [-0.2, 0) is 0 Å². The van der Waals surface area contributed by atoms with Crippen LogP contribution in [0.5, 0.6) is 0 Å². The third kappa shape index (κ3) is 3.74. The van der Waals surface area contributed by atoms with E-state index in [4.69, 9.17) is 0 Å². The zero-order valence-corrected chi connectivity index (χ0v) is 8.67. The zero-order valence-electron chi connectivity index (χ0n) is 8.67. The van der Waals surface area contributed by atoms with Crippen LogP contribution in [0.2, 0.25) is 0 Å². The van der Waals surface area contributed by atoms with Gasteiger partial charge in [0.05, 0.1) is 11.4 Å².